The van der Waals surface area contributed by atoms with Crippen molar-refractivity contribution in [2.75, 3.05) is 26.7 Å². The molecule has 1 aliphatic heterocycles. The first-order chi connectivity index (χ1) is 14.8. The Morgan fingerprint density at radius 2 is 1.67 bits per heavy atom. The first kappa shape index (κ1) is 20.3. The monoisotopic (exact) mass is 401 g/mol. The Labute approximate surface area is 177 Å². The molecule has 154 valence electrons. The summed E-state index contributed by atoms with van der Waals surface area (Å²) < 4.78 is 5.17. The van der Waals surface area contributed by atoms with Gasteiger partial charge in [-0.2, -0.15) is 0 Å². The highest BCUT2D eigenvalue weighted by Crippen LogP contribution is 2.31. The van der Waals surface area contributed by atoms with Crippen LogP contribution >= 0.6 is 0 Å². The summed E-state index contributed by atoms with van der Waals surface area (Å²) in [5.41, 5.74) is 3.56. The van der Waals surface area contributed by atoms with Crippen molar-refractivity contribution in [2.45, 2.75) is 18.6 Å². The number of methoxy groups -OCH3 is 1. The minimum absolute atomic E-state index is 0.0973. The zero-order chi connectivity index (χ0) is 20.8. The molecule has 0 bridgehead atoms. The molecule has 1 saturated heterocycles. The summed E-state index contributed by atoms with van der Waals surface area (Å²) >= 11 is 0. The van der Waals surface area contributed by atoms with Gasteiger partial charge in [-0.25, -0.2) is 0 Å². The van der Waals surface area contributed by atoms with Crippen LogP contribution in [0, 0.1) is 0 Å². The molecular weight excluding hydrogens is 374 g/mol. The SMILES string of the molecule is COC(=O)C1CN(C(c2ccccc2)c2ccccc2)CCN1Cc1cccnc1. The molecule has 2 aromatic carbocycles. The first-order valence-corrected chi connectivity index (χ1v) is 10.3. The molecule has 5 nitrogen and oxygen atoms in total. The van der Waals surface area contributed by atoms with Crippen LogP contribution in [-0.2, 0) is 16.1 Å². The summed E-state index contributed by atoms with van der Waals surface area (Å²) in [6, 6.07) is 24.7. The number of ether oxygens (including phenoxy) is 1. The van der Waals surface area contributed by atoms with Gasteiger partial charge in [0.05, 0.1) is 13.2 Å². The summed E-state index contributed by atoms with van der Waals surface area (Å²) in [5, 5.41) is 0. The number of esters is 1. The van der Waals surface area contributed by atoms with Crippen molar-refractivity contribution < 1.29 is 9.53 Å². The van der Waals surface area contributed by atoms with Gasteiger partial charge in [0.15, 0.2) is 0 Å². The van der Waals surface area contributed by atoms with Gasteiger partial charge in [-0.1, -0.05) is 66.7 Å². The molecule has 0 radical (unpaired) electrons. The maximum absolute atomic E-state index is 12.7. The second-order valence-corrected chi connectivity index (χ2v) is 7.59. The molecule has 1 atom stereocenters. The standard InChI is InChI=1S/C25H27N3O2/c1-30-25(29)23-19-28(16-15-27(23)18-20-9-8-14-26-17-20)24(21-10-4-2-5-11-21)22-12-6-3-7-13-22/h2-14,17,23-24H,15-16,18-19H2,1H3. The molecule has 0 aliphatic carbocycles. The molecule has 1 aromatic heterocycles. The van der Waals surface area contributed by atoms with E-state index in [-0.39, 0.29) is 18.1 Å². The number of nitrogens with zero attached hydrogens (tertiary/aromatic N) is 3. The zero-order valence-corrected chi connectivity index (χ0v) is 17.2. The Hall–Kier alpha value is -3.02. The van der Waals surface area contributed by atoms with Crippen LogP contribution < -0.4 is 0 Å². The molecule has 1 aliphatic rings. The maximum Gasteiger partial charge on any atom is 0.324 e. The van der Waals surface area contributed by atoms with Crippen molar-refractivity contribution in [3.8, 4) is 0 Å². The van der Waals surface area contributed by atoms with Gasteiger partial charge in [-0.05, 0) is 22.8 Å². The van der Waals surface area contributed by atoms with E-state index >= 15 is 0 Å². The topological polar surface area (TPSA) is 45.7 Å². The van der Waals surface area contributed by atoms with Crippen LogP contribution in [0.2, 0.25) is 0 Å². The van der Waals surface area contributed by atoms with E-state index in [2.05, 4.69) is 63.3 Å². The average Bonchev–Trinajstić information content (AvgIpc) is 2.82. The lowest BCUT2D eigenvalue weighted by Crippen LogP contribution is -2.57. The van der Waals surface area contributed by atoms with Gasteiger partial charge in [-0.3, -0.25) is 19.6 Å². The Bertz CT molecular complexity index is 895. The van der Waals surface area contributed by atoms with E-state index in [0.29, 0.717) is 13.1 Å². The number of rotatable bonds is 6. The number of carbonyl (C=O) groups excluding carboxylic acids is 1. The van der Waals surface area contributed by atoms with Gasteiger partial charge in [-0.15, -0.1) is 0 Å². The van der Waals surface area contributed by atoms with Crippen LogP contribution in [0.4, 0.5) is 0 Å². The number of benzene rings is 2. The van der Waals surface area contributed by atoms with E-state index in [1.807, 2.05) is 30.5 Å². The fourth-order valence-corrected chi connectivity index (χ4v) is 4.24. The fourth-order valence-electron chi connectivity index (χ4n) is 4.24. The number of carbonyl (C=O) groups is 1. The number of pyridine rings is 1. The second kappa shape index (κ2) is 9.65. The molecular formula is C25H27N3O2. The lowest BCUT2D eigenvalue weighted by Gasteiger charge is -2.43. The molecule has 0 amide bonds. The number of hydrogen-bond donors (Lipinski definition) is 0. The van der Waals surface area contributed by atoms with Gasteiger partial charge in [0.1, 0.15) is 6.04 Å². The first-order valence-electron chi connectivity index (χ1n) is 10.3. The van der Waals surface area contributed by atoms with Crippen molar-refractivity contribution in [3.63, 3.8) is 0 Å². The molecule has 5 heteroatoms. The van der Waals surface area contributed by atoms with Crippen LogP contribution in [0.15, 0.2) is 85.2 Å². The van der Waals surface area contributed by atoms with E-state index in [0.717, 1.165) is 18.7 Å². The van der Waals surface area contributed by atoms with Gasteiger partial charge in [0, 0.05) is 38.6 Å². The lowest BCUT2D eigenvalue weighted by atomic mass is 9.95. The maximum atomic E-state index is 12.7. The molecule has 0 spiro atoms. The Kier molecular flexibility index (Phi) is 6.52. The third-order valence-electron chi connectivity index (χ3n) is 5.70. The number of hydrogen-bond acceptors (Lipinski definition) is 5. The minimum Gasteiger partial charge on any atom is -0.468 e. The van der Waals surface area contributed by atoms with Crippen molar-refractivity contribution in [1.29, 1.82) is 0 Å². The van der Waals surface area contributed by atoms with Crippen LogP contribution in [0.25, 0.3) is 0 Å². The molecule has 30 heavy (non-hydrogen) atoms. The minimum atomic E-state index is -0.320. The number of piperazine rings is 1. The normalized spacial score (nSPS) is 17.7. The highest BCUT2D eigenvalue weighted by molar-refractivity contribution is 5.76. The quantitative estimate of drug-likeness (QED) is 0.592. The van der Waals surface area contributed by atoms with Gasteiger partial charge in [0.25, 0.3) is 0 Å². The summed E-state index contributed by atoms with van der Waals surface area (Å²) in [6.45, 7) is 2.94. The van der Waals surface area contributed by atoms with Crippen molar-refractivity contribution in [2.24, 2.45) is 0 Å². The highest BCUT2D eigenvalue weighted by atomic mass is 16.5. The second-order valence-electron chi connectivity index (χ2n) is 7.59. The van der Waals surface area contributed by atoms with Crippen LogP contribution in [-0.4, -0.2) is 53.5 Å². The summed E-state index contributed by atoms with van der Waals surface area (Å²) in [5.74, 6) is -0.191. The van der Waals surface area contributed by atoms with E-state index in [1.54, 1.807) is 6.20 Å². The van der Waals surface area contributed by atoms with Crippen LogP contribution in [0.5, 0.6) is 0 Å². The Morgan fingerprint density at radius 1 is 1.00 bits per heavy atom. The predicted octanol–water partition coefficient (Wildman–Crippen LogP) is 3.53. The Balaban J connectivity index is 1.61. The average molecular weight is 402 g/mol. The Morgan fingerprint density at radius 3 is 2.23 bits per heavy atom. The molecule has 1 fully saturated rings. The molecule has 1 unspecified atom stereocenters. The highest BCUT2D eigenvalue weighted by Gasteiger charge is 2.36. The smallest absolute Gasteiger partial charge is 0.324 e. The van der Waals surface area contributed by atoms with E-state index in [9.17, 15) is 4.79 Å². The molecule has 3 aromatic rings. The summed E-state index contributed by atoms with van der Waals surface area (Å²) in [6.07, 6.45) is 3.63. The van der Waals surface area contributed by atoms with Crippen molar-refractivity contribution >= 4 is 5.97 Å². The van der Waals surface area contributed by atoms with Gasteiger partial charge in [0.2, 0.25) is 0 Å². The lowest BCUT2D eigenvalue weighted by molar-refractivity contribution is -0.150. The largest absolute Gasteiger partial charge is 0.468 e. The third kappa shape index (κ3) is 4.58. The molecule has 0 N–H and O–H groups in total. The van der Waals surface area contributed by atoms with Gasteiger partial charge < -0.3 is 4.74 Å². The van der Waals surface area contributed by atoms with Crippen LogP contribution in [0.1, 0.15) is 22.7 Å². The van der Waals surface area contributed by atoms with E-state index < -0.39 is 0 Å². The molecule has 0 saturated carbocycles. The van der Waals surface area contributed by atoms with Crippen LogP contribution in [0.3, 0.4) is 0 Å². The van der Waals surface area contributed by atoms with E-state index in [1.165, 1.54) is 18.2 Å². The fraction of sp³-hybridized carbons (Fsp3) is 0.280. The number of aromatic nitrogens is 1. The predicted molar refractivity (Wildman–Crippen MR) is 117 cm³/mol. The van der Waals surface area contributed by atoms with Crippen molar-refractivity contribution in [1.82, 2.24) is 14.8 Å². The third-order valence-corrected chi connectivity index (χ3v) is 5.70. The summed E-state index contributed by atoms with van der Waals surface area (Å²) in [4.78, 5) is 21.5. The van der Waals surface area contributed by atoms with Crippen molar-refractivity contribution in [3.05, 3.63) is 102 Å². The molecule has 4 rings (SSSR count). The summed E-state index contributed by atoms with van der Waals surface area (Å²) in [7, 11) is 1.47. The van der Waals surface area contributed by atoms with Gasteiger partial charge >= 0.3 is 5.97 Å². The zero-order valence-electron chi connectivity index (χ0n) is 17.2. The van der Waals surface area contributed by atoms with E-state index in [4.69, 9.17) is 4.74 Å². The molecule has 2 heterocycles.